The summed E-state index contributed by atoms with van der Waals surface area (Å²) < 4.78 is 5.85. The van der Waals surface area contributed by atoms with E-state index in [1.54, 1.807) is 0 Å². The molecule has 0 saturated carbocycles. The van der Waals surface area contributed by atoms with E-state index in [0.717, 1.165) is 31.0 Å². The first kappa shape index (κ1) is 13.4. The van der Waals surface area contributed by atoms with Crippen LogP contribution in [0, 0.1) is 0 Å². The van der Waals surface area contributed by atoms with E-state index in [4.69, 9.17) is 4.74 Å². The van der Waals surface area contributed by atoms with Crippen molar-refractivity contribution in [2.75, 3.05) is 13.6 Å². The number of aromatic nitrogens is 1. The maximum atomic E-state index is 5.85. The fourth-order valence-corrected chi connectivity index (χ4v) is 3.01. The number of nitrogens with one attached hydrogen (secondary N) is 2. The quantitative estimate of drug-likeness (QED) is 0.638. The number of aliphatic imine (C=N–C) groups is 1. The molecule has 1 aromatic heterocycles. The highest BCUT2D eigenvalue weighted by atomic mass is 16.5. The molecule has 3 heterocycles. The molecule has 2 N–H and O–H groups in total. The highest BCUT2D eigenvalue weighted by Crippen LogP contribution is 2.34. The van der Waals surface area contributed by atoms with E-state index in [1.807, 2.05) is 31.4 Å². The number of ether oxygens (including phenoxy) is 1. The molecule has 3 atom stereocenters. The van der Waals surface area contributed by atoms with Gasteiger partial charge in [0.1, 0.15) is 0 Å². The van der Waals surface area contributed by atoms with Crippen LogP contribution in [0.4, 0.5) is 0 Å². The SMILES string of the molecule is CN=C(NCCc1ccccn1)NC1CC2CCC1O2. The Morgan fingerprint density at radius 2 is 2.40 bits per heavy atom. The Morgan fingerprint density at radius 1 is 1.45 bits per heavy atom. The van der Waals surface area contributed by atoms with Crippen LogP contribution in [-0.2, 0) is 11.2 Å². The lowest BCUT2D eigenvalue weighted by atomic mass is 9.96. The largest absolute Gasteiger partial charge is 0.373 e. The Bertz CT molecular complexity index is 462. The Hall–Kier alpha value is -1.62. The second kappa shape index (κ2) is 6.22. The van der Waals surface area contributed by atoms with Crippen molar-refractivity contribution >= 4 is 5.96 Å². The number of hydrogen-bond acceptors (Lipinski definition) is 3. The van der Waals surface area contributed by atoms with Crippen molar-refractivity contribution in [3.63, 3.8) is 0 Å². The van der Waals surface area contributed by atoms with Crippen LogP contribution in [0.5, 0.6) is 0 Å². The average molecular weight is 274 g/mol. The molecule has 2 fully saturated rings. The van der Waals surface area contributed by atoms with E-state index < -0.39 is 0 Å². The van der Waals surface area contributed by atoms with Crippen LogP contribution in [0.2, 0.25) is 0 Å². The van der Waals surface area contributed by atoms with Gasteiger partial charge in [-0.1, -0.05) is 6.07 Å². The second-order valence-electron chi connectivity index (χ2n) is 5.43. The minimum Gasteiger partial charge on any atom is -0.373 e. The topological polar surface area (TPSA) is 58.5 Å². The maximum Gasteiger partial charge on any atom is 0.191 e. The van der Waals surface area contributed by atoms with E-state index in [-0.39, 0.29) is 0 Å². The van der Waals surface area contributed by atoms with Gasteiger partial charge in [0, 0.05) is 31.9 Å². The second-order valence-corrected chi connectivity index (χ2v) is 5.43. The number of hydrogen-bond donors (Lipinski definition) is 2. The van der Waals surface area contributed by atoms with Crippen molar-refractivity contribution < 1.29 is 4.74 Å². The van der Waals surface area contributed by atoms with Gasteiger partial charge in [0.05, 0.1) is 18.2 Å². The smallest absolute Gasteiger partial charge is 0.191 e. The van der Waals surface area contributed by atoms with E-state index in [0.29, 0.717) is 18.2 Å². The molecule has 0 radical (unpaired) electrons. The van der Waals surface area contributed by atoms with Crippen LogP contribution >= 0.6 is 0 Å². The molecule has 0 amide bonds. The average Bonchev–Trinajstić information content (AvgIpc) is 3.10. The number of pyridine rings is 1. The lowest BCUT2D eigenvalue weighted by Crippen LogP contribution is -2.47. The summed E-state index contributed by atoms with van der Waals surface area (Å²) in [5, 5.41) is 6.82. The van der Waals surface area contributed by atoms with Gasteiger partial charge in [-0.15, -0.1) is 0 Å². The van der Waals surface area contributed by atoms with Gasteiger partial charge in [0.15, 0.2) is 5.96 Å². The minimum atomic E-state index is 0.370. The maximum absolute atomic E-state index is 5.85. The molecule has 2 bridgehead atoms. The first-order valence-corrected chi connectivity index (χ1v) is 7.37. The fourth-order valence-electron chi connectivity index (χ4n) is 3.01. The lowest BCUT2D eigenvalue weighted by Gasteiger charge is -2.22. The van der Waals surface area contributed by atoms with Crippen molar-refractivity contribution in [3.05, 3.63) is 30.1 Å². The van der Waals surface area contributed by atoms with Gasteiger partial charge in [-0.3, -0.25) is 9.98 Å². The van der Waals surface area contributed by atoms with Gasteiger partial charge in [-0.2, -0.15) is 0 Å². The van der Waals surface area contributed by atoms with Crippen LogP contribution in [-0.4, -0.2) is 42.8 Å². The number of nitrogens with zero attached hydrogens (tertiary/aromatic N) is 2. The van der Waals surface area contributed by atoms with E-state index in [1.165, 1.54) is 12.8 Å². The first-order valence-electron chi connectivity index (χ1n) is 7.37. The normalized spacial score (nSPS) is 28.6. The molecule has 108 valence electrons. The number of rotatable bonds is 4. The van der Waals surface area contributed by atoms with E-state index >= 15 is 0 Å². The summed E-state index contributed by atoms with van der Waals surface area (Å²) in [6.45, 7) is 0.832. The van der Waals surface area contributed by atoms with Gasteiger partial charge in [-0.05, 0) is 31.4 Å². The zero-order chi connectivity index (χ0) is 13.8. The van der Waals surface area contributed by atoms with E-state index in [2.05, 4.69) is 20.6 Å². The van der Waals surface area contributed by atoms with Gasteiger partial charge in [0.2, 0.25) is 0 Å². The first-order chi connectivity index (χ1) is 9.85. The molecular weight excluding hydrogens is 252 g/mol. The van der Waals surface area contributed by atoms with Gasteiger partial charge >= 0.3 is 0 Å². The predicted octanol–water partition coefficient (Wildman–Crippen LogP) is 1.11. The molecule has 3 unspecified atom stereocenters. The molecule has 2 aliphatic heterocycles. The molecule has 1 aromatic rings. The Kier molecular flexibility index (Phi) is 4.16. The summed E-state index contributed by atoms with van der Waals surface area (Å²) in [5.74, 6) is 0.863. The van der Waals surface area contributed by atoms with Gasteiger partial charge in [0.25, 0.3) is 0 Å². The summed E-state index contributed by atoms with van der Waals surface area (Å²) in [7, 11) is 1.81. The monoisotopic (exact) mass is 274 g/mol. The zero-order valence-corrected chi connectivity index (χ0v) is 11.9. The van der Waals surface area contributed by atoms with Crippen molar-refractivity contribution in [2.24, 2.45) is 4.99 Å². The van der Waals surface area contributed by atoms with Crippen LogP contribution in [0.1, 0.15) is 25.0 Å². The summed E-state index contributed by atoms with van der Waals surface area (Å²) in [6.07, 6.45) is 7.05. The highest BCUT2D eigenvalue weighted by molar-refractivity contribution is 5.80. The van der Waals surface area contributed by atoms with Crippen LogP contribution < -0.4 is 10.6 Å². The lowest BCUT2D eigenvalue weighted by molar-refractivity contribution is 0.0992. The molecule has 2 aliphatic rings. The van der Waals surface area contributed by atoms with Crippen LogP contribution in [0.25, 0.3) is 0 Å². The molecule has 0 aromatic carbocycles. The third-order valence-electron chi connectivity index (χ3n) is 4.05. The van der Waals surface area contributed by atoms with Crippen LogP contribution in [0.15, 0.2) is 29.4 Å². The molecule has 0 aliphatic carbocycles. The number of fused-ring (bicyclic) bond motifs is 2. The Labute approximate surface area is 119 Å². The van der Waals surface area contributed by atoms with Gasteiger partial charge < -0.3 is 15.4 Å². The summed E-state index contributed by atoms with van der Waals surface area (Å²) >= 11 is 0. The molecular formula is C15H22N4O. The molecule has 0 spiro atoms. The summed E-state index contributed by atoms with van der Waals surface area (Å²) in [6, 6.07) is 6.41. The Morgan fingerprint density at radius 3 is 3.05 bits per heavy atom. The third-order valence-corrected chi connectivity index (χ3v) is 4.05. The van der Waals surface area contributed by atoms with Crippen molar-refractivity contribution in [3.8, 4) is 0 Å². The molecule has 3 rings (SSSR count). The molecule has 20 heavy (non-hydrogen) atoms. The minimum absolute atomic E-state index is 0.370. The highest BCUT2D eigenvalue weighted by Gasteiger charge is 2.40. The Balaban J connectivity index is 1.44. The number of guanidine groups is 1. The molecule has 5 nitrogen and oxygen atoms in total. The van der Waals surface area contributed by atoms with Crippen molar-refractivity contribution in [1.29, 1.82) is 0 Å². The summed E-state index contributed by atoms with van der Waals surface area (Å²) in [5.41, 5.74) is 1.10. The molecule has 2 saturated heterocycles. The summed E-state index contributed by atoms with van der Waals surface area (Å²) in [4.78, 5) is 8.60. The molecule has 5 heteroatoms. The third kappa shape index (κ3) is 3.10. The van der Waals surface area contributed by atoms with Gasteiger partial charge in [-0.25, -0.2) is 0 Å². The fraction of sp³-hybridized carbons (Fsp3) is 0.600. The van der Waals surface area contributed by atoms with Crippen molar-refractivity contribution in [1.82, 2.24) is 15.6 Å². The predicted molar refractivity (Wildman–Crippen MR) is 78.7 cm³/mol. The van der Waals surface area contributed by atoms with Crippen molar-refractivity contribution in [2.45, 2.75) is 43.9 Å². The standard InChI is InChI=1S/C15H22N4O/c1-16-15(18-9-7-11-4-2-3-8-17-11)19-13-10-12-5-6-14(13)20-12/h2-4,8,12-14H,5-7,9-10H2,1H3,(H2,16,18,19). The van der Waals surface area contributed by atoms with Crippen LogP contribution in [0.3, 0.4) is 0 Å². The zero-order valence-electron chi connectivity index (χ0n) is 11.9. The van der Waals surface area contributed by atoms with E-state index in [9.17, 15) is 0 Å².